The lowest BCUT2D eigenvalue weighted by Gasteiger charge is -2.13. The van der Waals surface area contributed by atoms with Crippen molar-refractivity contribution >= 4 is 5.91 Å². The summed E-state index contributed by atoms with van der Waals surface area (Å²) in [5, 5.41) is 7.00. The molecular weight excluding hydrogens is 234 g/mol. The minimum absolute atomic E-state index is 0.0637. The summed E-state index contributed by atoms with van der Waals surface area (Å²) in [6.07, 6.45) is 3.75. The lowest BCUT2D eigenvalue weighted by atomic mass is 10.3. The average Bonchev–Trinajstić information content (AvgIpc) is 2.78. The SMILES string of the molecule is COCCOCC(=O)NC[C@H](C)n1cc(C)cn1. The van der Waals surface area contributed by atoms with Crippen molar-refractivity contribution < 1.29 is 14.3 Å². The lowest BCUT2D eigenvalue weighted by Crippen LogP contribution is -2.32. The van der Waals surface area contributed by atoms with Crippen LogP contribution < -0.4 is 5.32 Å². The smallest absolute Gasteiger partial charge is 0.246 e. The van der Waals surface area contributed by atoms with Gasteiger partial charge in [0.1, 0.15) is 6.61 Å². The van der Waals surface area contributed by atoms with Gasteiger partial charge in [0.15, 0.2) is 0 Å². The third-order valence-corrected chi connectivity index (χ3v) is 2.44. The molecule has 1 aromatic rings. The number of carbonyl (C=O) groups is 1. The number of aryl methyl sites for hydroxylation is 1. The molecular formula is C12H21N3O3. The Morgan fingerprint density at radius 1 is 1.56 bits per heavy atom. The molecule has 0 unspecified atom stereocenters. The maximum Gasteiger partial charge on any atom is 0.246 e. The minimum atomic E-state index is -0.123. The zero-order chi connectivity index (χ0) is 13.4. The van der Waals surface area contributed by atoms with E-state index in [1.165, 1.54) is 0 Å². The van der Waals surface area contributed by atoms with Crippen LogP contribution in [0.15, 0.2) is 12.4 Å². The molecule has 0 bridgehead atoms. The molecule has 0 fully saturated rings. The van der Waals surface area contributed by atoms with E-state index in [1.807, 2.05) is 24.7 Å². The predicted molar refractivity (Wildman–Crippen MR) is 67.4 cm³/mol. The van der Waals surface area contributed by atoms with Gasteiger partial charge in [-0.3, -0.25) is 9.48 Å². The summed E-state index contributed by atoms with van der Waals surface area (Å²) in [4.78, 5) is 11.4. The van der Waals surface area contributed by atoms with E-state index in [1.54, 1.807) is 13.3 Å². The van der Waals surface area contributed by atoms with Crippen molar-refractivity contribution in [1.82, 2.24) is 15.1 Å². The number of ether oxygens (including phenoxy) is 2. The van der Waals surface area contributed by atoms with Crippen molar-refractivity contribution in [2.45, 2.75) is 19.9 Å². The first-order chi connectivity index (χ1) is 8.63. The molecule has 0 saturated heterocycles. The molecule has 1 rings (SSSR count). The molecule has 0 radical (unpaired) electrons. The normalized spacial score (nSPS) is 12.4. The number of nitrogens with one attached hydrogen (secondary N) is 1. The molecule has 6 nitrogen and oxygen atoms in total. The van der Waals surface area contributed by atoms with Gasteiger partial charge in [-0.05, 0) is 19.4 Å². The Kier molecular flexibility index (Phi) is 6.38. The summed E-state index contributed by atoms with van der Waals surface area (Å²) in [6, 6.07) is 0.127. The molecule has 0 spiro atoms. The van der Waals surface area contributed by atoms with Crippen molar-refractivity contribution in [2.24, 2.45) is 0 Å². The van der Waals surface area contributed by atoms with Gasteiger partial charge < -0.3 is 14.8 Å². The number of nitrogens with zero attached hydrogens (tertiary/aromatic N) is 2. The quantitative estimate of drug-likeness (QED) is 0.688. The molecule has 6 heteroatoms. The van der Waals surface area contributed by atoms with Crippen molar-refractivity contribution in [2.75, 3.05) is 33.5 Å². The Bertz CT molecular complexity index is 365. The second kappa shape index (κ2) is 7.84. The first-order valence-electron chi connectivity index (χ1n) is 5.97. The van der Waals surface area contributed by atoms with Crippen LogP contribution >= 0.6 is 0 Å². The van der Waals surface area contributed by atoms with Gasteiger partial charge >= 0.3 is 0 Å². The number of hydrogen-bond donors (Lipinski definition) is 1. The van der Waals surface area contributed by atoms with Crippen molar-refractivity contribution in [3.8, 4) is 0 Å². The van der Waals surface area contributed by atoms with Gasteiger partial charge in [0.25, 0.3) is 0 Å². The van der Waals surface area contributed by atoms with Gasteiger partial charge in [0.05, 0.1) is 25.5 Å². The Balaban J connectivity index is 2.18. The lowest BCUT2D eigenvalue weighted by molar-refractivity contribution is -0.126. The summed E-state index contributed by atoms with van der Waals surface area (Å²) in [7, 11) is 1.59. The third-order valence-electron chi connectivity index (χ3n) is 2.44. The number of methoxy groups -OCH3 is 1. The van der Waals surface area contributed by atoms with Gasteiger partial charge in [-0.1, -0.05) is 0 Å². The molecule has 1 amide bonds. The molecule has 0 aromatic carbocycles. The highest BCUT2D eigenvalue weighted by molar-refractivity contribution is 5.77. The number of aromatic nitrogens is 2. The monoisotopic (exact) mass is 255 g/mol. The van der Waals surface area contributed by atoms with Crippen molar-refractivity contribution in [1.29, 1.82) is 0 Å². The van der Waals surface area contributed by atoms with Gasteiger partial charge in [-0.2, -0.15) is 5.10 Å². The van der Waals surface area contributed by atoms with Crippen LogP contribution in [0.25, 0.3) is 0 Å². The van der Waals surface area contributed by atoms with E-state index in [0.717, 1.165) is 5.56 Å². The fourth-order valence-corrected chi connectivity index (χ4v) is 1.39. The van der Waals surface area contributed by atoms with E-state index < -0.39 is 0 Å². The minimum Gasteiger partial charge on any atom is -0.382 e. The van der Waals surface area contributed by atoms with E-state index in [9.17, 15) is 4.79 Å². The summed E-state index contributed by atoms with van der Waals surface area (Å²) < 4.78 is 11.8. The molecule has 0 aliphatic rings. The Morgan fingerprint density at radius 3 is 2.94 bits per heavy atom. The zero-order valence-corrected chi connectivity index (χ0v) is 11.2. The first kappa shape index (κ1) is 14.7. The van der Waals surface area contributed by atoms with Crippen molar-refractivity contribution in [3.05, 3.63) is 18.0 Å². The Hall–Kier alpha value is -1.40. The van der Waals surface area contributed by atoms with Crippen LogP contribution in [0.4, 0.5) is 0 Å². The molecule has 0 aliphatic heterocycles. The number of carbonyl (C=O) groups excluding carboxylic acids is 1. The Morgan fingerprint density at radius 2 is 2.33 bits per heavy atom. The van der Waals surface area contributed by atoms with Gasteiger partial charge in [-0.15, -0.1) is 0 Å². The highest BCUT2D eigenvalue weighted by Gasteiger charge is 2.07. The van der Waals surface area contributed by atoms with E-state index in [4.69, 9.17) is 9.47 Å². The maximum atomic E-state index is 11.4. The Labute approximate surface area is 107 Å². The molecule has 18 heavy (non-hydrogen) atoms. The van der Waals surface area contributed by atoms with E-state index >= 15 is 0 Å². The van der Waals surface area contributed by atoms with Gasteiger partial charge in [0, 0.05) is 19.9 Å². The average molecular weight is 255 g/mol. The number of amides is 1. The summed E-state index contributed by atoms with van der Waals surface area (Å²) in [5.41, 5.74) is 1.11. The topological polar surface area (TPSA) is 65.4 Å². The standard InChI is InChI=1S/C12H21N3O3/c1-10-6-14-15(8-10)11(2)7-13-12(16)9-18-5-4-17-3/h6,8,11H,4-5,7,9H2,1-3H3,(H,13,16)/t11-/m0/s1. The third kappa shape index (κ3) is 5.29. The second-order valence-corrected chi connectivity index (χ2v) is 4.20. The molecule has 1 aromatic heterocycles. The molecule has 1 N–H and O–H groups in total. The molecule has 1 heterocycles. The van der Waals surface area contributed by atoms with Crippen LogP contribution in [-0.4, -0.2) is 49.2 Å². The van der Waals surface area contributed by atoms with Crippen LogP contribution in [0.2, 0.25) is 0 Å². The summed E-state index contributed by atoms with van der Waals surface area (Å²) >= 11 is 0. The number of rotatable bonds is 8. The van der Waals surface area contributed by atoms with Crippen LogP contribution in [0.1, 0.15) is 18.5 Å². The highest BCUT2D eigenvalue weighted by Crippen LogP contribution is 2.04. The van der Waals surface area contributed by atoms with Crippen molar-refractivity contribution in [3.63, 3.8) is 0 Å². The second-order valence-electron chi connectivity index (χ2n) is 4.20. The largest absolute Gasteiger partial charge is 0.382 e. The van der Waals surface area contributed by atoms with Crippen LogP contribution in [0, 0.1) is 6.92 Å². The molecule has 1 atom stereocenters. The van der Waals surface area contributed by atoms with E-state index in [-0.39, 0.29) is 18.6 Å². The fourth-order valence-electron chi connectivity index (χ4n) is 1.39. The maximum absolute atomic E-state index is 11.4. The predicted octanol–water partition coefficient (Wildman–Crippen LogP) is 0.532. The van der Waals surface area contributed by atoms with E-state index in [2.05, 4.69) is 10.4 Å². The fraction of sp³-hybridized carbons (Fsp3) is 0.667. The van der Waals surface area contributed by atoms with Crippen LogP contribution in [-0.2, 0) is 14.3 Å². The molecule has 0 aliphatic carbocycles. The molecule has 102 valence electrons. The molecule has 0 saturated carbocycles. The van der Waals surface area contributed by atoms with Gasteiger partial charge in [0.2, 0.25) is 5.91 Å². The summed E-state index contributed by atoms with van der Waals surface area (Å²) in [6.45, 7) is 5.51. The number of hydrogen-bond acceptors (Lipinski definition) is 4. The summed E-state index contributed by atoms with van der Waals surface area (Å²) in [5.74, 6) is -0.123. The van der Waals surface area contributed by atoms with E-state index in [0.29, 0.717) is 19.8 Å². The van der Waals surface area contributed by atoms with Crippen LogP contribution in [0.3, 0.4) is 0 Å². The van der Waals surface area contributed by atoms with Gasteiger partial charge in [-0.25, -0.2) is 0 Å². The van der Waals surface area contributed by atoms with Crippen LogP contribution in [0.5, 0.6) is 0 Å². The first-order valence-corrected chi connectivity index (χ1v) is 5.97. The highest BCUT2D eigenvalue weighted by atomic mass is 16.5. The zero-order valence-electron chi connectivity index (χ0n) is 11.2.